The Labute approximate surface area is 116 Å². The summed E-state index contributed by atoms with van der Waals surface area (Å²) in [6.07, 6.45) is 0.475. The van der Waals surface area contributed by atoms with Gasteiger partial charge in [-0.3, -0.25) is 9.69 Å². The second kappa shape index (κ2) is 5.77. The molecule has 0 aliphatic carbocycles. The molecular weight excluding hydrogens is 268 g/mol. The van der Waals surface area contributed by atoms with Gasteiger partial charge in [0.1, 0.15) is 17.9 Å². The molecule has 1 aliphatic rings. The van der Waals surface area contributed by atoms with Gasteiger partial charge < -0.3 is 15.6 Å². The van der Waals surface area contributed by atoms with Crippen LogP contribution in [0.5, 0.6) is 5.75 Å². The van der Waals surface area contributed by atoms with Gasteiger partial charge in [-0.25, -0.2) is 0 Å². The largest absolute Gasteiger partial charge is 0.492 e. The number of carboxylic acids is 1. The molecule has 19 heavy (non-hydrogen) atoms. The summed E-state index contributed by atoms with van der Waals surface area (Å²) in [4.78, 5) is 13.0. The maximum Gasteiger partial charge on any atom is 0.325 e. The molecule has 2 rings (SSSR count). The number of likely N-dealkylation sites (tertiary alicyclic amines) is 1. The molecule has 0 saturated carbocycles. The van der Waals surface area contributed by atoms with Crippen molar-refractivity contribution in [2.24, 2.45) is 5.73 Å². The molecule has 0 bridgehead atoms. The lowest BCUT2D eigenvalue weighted by atomic mass is 10.0. The van der Waals surface area contributed by atoms with E-state index in [1.54, 1.807) is 24.3 Å². The van der Waals surface area contributed by atoms with Crippen molar-refractivity contribution in [3.8, 4) is 5.75 Å². The van der Waals surface area contributed by atoms with Crippen LogP contribution in [-0.2, 0) is 4.79 Å². The smallest absolute Gasteiger partial charge is 0.325 e. The van der Waals surface area contributed by atoms with Crippen molar-refractivity contribution in [1.29, 1.82) is 0 Å². The maximum atomic E-state index is 11.0. The molecule has 3 N–H and O–H groups in total. The molecule has 1 fully saturated rings. The molecule has 0 aromatic heterocycles. The third kappa shape index (κ3) is 3.59. The minimum atomic E-state index is -1.11. The topological polar surface area (TPSA) is 75.8 Å². The Morgan fingerprint density at radius 3 is 2.74 bits per heavy atom. The molecule has 0 amide bonds. The molecule has 1 heterocycles. The molecule has 1 aliphatic heterocycles. The van der Waals surface area contributed by atoms with Crippen LogP contribution in [0.1, 0.15) is 6.42 Å². The van der Waals surface area contributed by atoms with Crippen molar-refractivity contribution < 1.29 is 14.6 Å². The summed E-state index contributed by atoms with van der Waals surface area (Å²) in [5.74, 6) is -0.186. The highest BCUT2D eigenvalue weighted by Gasteiger charge is 2.40. The Morgan fingerprint density at radius 1 is 1.47 bits per heavy atom. The zero-order chi connectivity index (χ0) is 13.9. The SMILES string of the molecule is NC1(C(=O)O)CCN(CCOc2ccc(Cl)cc2)C1. The van der Waals surface area contributed by atoms with Crippen molar-refractivity contribution in [3.63, 3.8) is 0 Å². The third-order valence-corrected chi connectivity index (χ3v) is 3.55. The van der Waals surface area contributed by atoms with E-state index >= 15 is 0 Å². The van der Waals surface area contributed by atoms with Crippen molar-refractivity contribution >= 4 is 17.6 Å². The fourth-order valence-electron chi connectivity index (χ4n) is 2.10. The Hall–Kier alpha value is -1.30. The van der Waals surface area contributed by atoms with Crippen molar-refractivity contribution in [2.45, 2.75) is 12.0 Å². The van der Waals surface area contributed by atoms with Crippen LogP contribution >= 0.6 is 11.6 Å². The van der Waals surface area contributed by atoms with Gasteiger partial charge in [-0.2, -0.15) is 0 Å². The number of ether oxygens (including phenoxy) is 1. The molecule has 6 heteroatoms. The van der Waals surface area contributed by atoms with E-state index in [1.165, 1.54) is 0 Å². The Balaban J connectivity index is 1.75. The van der Waals surface area contributed by atoms with Crippen LogP contribution in [0.25, 0.3) is 0 Å². The molecule has 1 atom stereocenters. The van der Waals surface area contributed by atoms with E-state index < -0.39 is 11.5 Å². The van der Waals surface area contributed by atoms with Gasteiger partial charge in [0, 0.05) is 24.7 Å². The van der Waals surface area contributed by atoms with Gasteiger partial charge in [-0.1, -0.05) is 11.6 Å². The van der Waals surface area contributed by atoms with Gasteiger partial charge in [0.2, 0.25) is 0 Å². The summed E-state index contributed by atoms with van der Waals surface area (Å²) in [6.45, 7) is 2.21. The van der Waals surface area contributed by atoms with E-state index in [-0.39, 0.29) is 0 Å². The fourth-order valence-corrected chi connectivity index (χ4v) is 2.23. The van der Waals surface area contributed by atoms with Gasteiger partial charge in [-0.15, -0.1) is 0 Å². The van der Waals surface area contributed by atoms with E-state index in [2.05, 4.69) is 0 Å². The lowest BCUT2D eigenvalue weighted by molar-refractivity contribution is -0.142. The fraction of sp³-hybridized carbons (Fsp3) is 0.462. The molecule has 1 aromatic carbocycles. The number of hydrogen-bond donors (Lipinski definition) is 2. The summed E-state index contributed by atoms with van der Waals surface area (Å²) in [5.41, 5.74) is 4.68. The predicted molar refractivity (Wildman–Crippen MR) is 72.6 cm³/mol. The van der Waals surface area contributed by atoms with E-state index in [0.29, 0.717) is 37.7 Å². The van der Waals surface area contributed by atoms with Crippen LogP contribution in [0.2, 0.25) is 5.02 Å². The van der Waals surface area contributed by atoms with Gasteiger partial charge in [0.05, 0.1) is 0 Å². The van der Waals surface area contributed by atoms with Gasteiger partial charge in [0.15, 0.2) is 0 Å². The van der Waals surface area contributed by atoms with Crippen molar-refractivity contribution in [1.82, 2.24) is 4.90 Å². The lowest BCUT2D eigenvalue weighted by Gasteiger charge is -2.20. The minimum Gasteiger partial charge on any atom is -0.492 e. The molecule has 104 valence electrons. The first-order valence-corrected chi connectivity index (χ1v) is 6.50. The average molecular weight is 285 g/mol. The average Bonchev–Trinajstić information content (AvgIpc) is 2.75. The molecule has 0 radical (unpaired) electrons. The number of carbonyl (C=O) groups is 1. The first kappa shape index (κ1) is 14.1. The van der Waals surface area contributed by atoms with E-state index in [9.17, 15) is 4.79 Å². The maximum absolute atomic E-state index is 11.0. The van der Waals surface area contributed by atoms with Gasteiger partial charge in [-0.05, 0) is 30.7 Å². The summed E-state index contributed by atoms with van der Waals surface area (Å²) >= 11 is 5.78. The number of rotatable bonds is 5. The number of benzene rings is 1. The third-order valence-electron chi connectivity index (χ3n) is 3.30. The standard InChI is InChI=1S/C13H17ClN2O3/c14-10-1-3-11(4-2-10)19-8-7-16-6-5-13(15,9-16)12(17)18/h1-4H,5-9,15H2,(H,17,18). The van der Waals surface area contributed by atoms with E-state index in [0.717, 1.165) is 5.75 Å². The van der Waals surface area contributed by atoms with Crippen LogP contribution in [0.15, 0.2) is 24.3 Å². The Bertz CT molecular complexity index is 452. The number of hydrogen-bond acceptors (Lipinski definition) is 4. The summed E-state index contributed by atoms with van der Waals surface area (Å²) in [7, 11) is 0. The highest BCUT2D eigenvalue weighted by Crippen LogP contribution is 2.19. The van der Waals surface area contributed by atoms with Crippen molar-refractivity contribution in [3.05, 3.63) is 29.3 Å². The van der Waals surface area contributed by atoms with Crippen LogP contribution < -0.4 is 10.5 Å². The van der Waals surface area contributed by atoms with E-state index in [4.69, 9.17) is 27.2 Å². The highest BCUT2D eigenvalue weighted by atomic mass is 35.5. The van der Waals surface area contributed by atoms with Gasteiger partial charge in [0.25, 0.3) is 0 Å². The van der Waals surface area contributed by atoms with Crippen LogP contribution in [-0.4, -0.2) is 47.8 Å². The molecule has 1 unspecified atom stereocenters. The molecule has 1 saturated heterocycles. The summed E-state index contributed by atoms with van der Waals surface area (Å²) in [6, 6.07) is 7.14. The number of nitrogens with two attached hydrogens (primary N) is 1. The zero-order valence-corrected chi connectivity index (χ0v) is 11.3. The van der Waals surface area contributed by atoms with E-state index in [1.807, 2.05) is 4.90 Å². The summed E-state index contributed by atoms with van der Waals surface area (Å²) in [5, 5.41) is 9.69. The predicted octanol–water partition coefficient (Wildman–Crippen LogP) is 1.21. The van der Waals surface area contributed by atoms with Crippen LogP contribution in [0, 0.1) is 0 Å². The Morgan fingerprint density at radius 2 is 2.16 bits per heavy atom. The zero-order valence-electron chi connectivity index (χ0n) is 10.5. The summed E-state index contributed by atoms with van der Waals surface area (Å²) < 4.78 is 5.56. The first-order chi connectivity index (χ1) is 8.99. The second-order valence-corrected chi connectivity index (χ2v) is 5.23. The van der Waals surface area contributed by atoms with Gasteiger partial charge >= 0.3 is 5.97 Å². The van der Waals surface area contributed by atoms with Crippen LogP contribution in [0.3, 0.4) is 0 Å². The van der Waals surface area contributed by atoms with Crippen molar-refractivity contribution in [2.75, 3.05) is 26.2 Å². The molecule has 0 spiro atoms. The Kier molecular flexibility index (Phi) is 4.29. The number of carboxylic acid groups (broad SMARTS) is 1. The molecular formula is C13H17ClN2O3. The monoisotopic (exact) mass is 284 g/mol. The number of aliphatic carboxylic acids is 1. The normalized spacial score (nSPS) is 23.5. The lowest BCUT2D eigenvalue weighted by Crippen LogP contribution is -2.50. The quantitative estimate of drug-likeness (QED) is 0.850. The first-order valence-electron chi connectivity index (χ1n) is 6.13. The molecule has 1 aromatic rings. The van der Waals surface area contributed by atoms with Crippen LogP contribution in [0.4, 0.5) is 0 Å². The minimum absolute atomic E-state index is 0.367. The molecule has 5 nitrogen and oxygen atoms in total. The number of nitrogens with zero attached hydrogens (tertiary/aromatic N) is 1. The second-order valence-electron chi connectivity index (χ2n) is 4.79. The highest BCUT2D eigenvalue weighted by molar-refractivity contribution is 6.30. The number of halogens is 1.